The van der Waals surface area contributed by atoms with E-state index in [1.54, 1.807) is 11.8 Å². The van der Waals surface area contributed by atoms with E-state index in [1.807, 2.05) is 0 Å². The molecule has 1 fully saturated rings. The molecule has 0 saturated carbocycles. The highest BCUT2D eigenvalue weighted by atomic mass is 35.5. The van der Waals surface area contributed by atoms with Crippen molar-refractivity contribution in [2.45, 2.75) is 32.2 Å². The second-order valence-electron chi connectivity index (χ2n) is 4.52. The van der Waals surface area contributed by atoms with Gasteiger partial charge in [-0.05, 0) is 26.2 Å². The summed E-state index contributed by atoms with van der Waals surface area (Å²) in [5.74, 6) is 0.592. The molecule has 1 aromatic rings. The number of aryl methyl sites for hydroxylation is 1. The van der Waals surface area contributed by atoms with Crippen molar-refractivity contribution in [2.75, 3.05) is 18.1 Å². The maximum absolute atomic E-state index is 11.1. The second-order valence-corrected chi connectivity index (χ2v) is 4.87. The molecule has 0 aliphatic carbocycles. The first-order chi connectivity index (χ1) is 9.04. The molecule has 1 unspecified atom stereocenters. The summed E-state index contributed by atoms with van der Waals surface area (Å²) < 4.78 is 0. The summed E-state index contributed by atoms with van der Waals surface area (Å²) in [5.41, 5.74) is -0.285. The molecule has 1 aliphatic rings. The summed E-state index contributed by atoms with van der Waals surface area (Å²) in [6, 6.07) is -0.155. The van der Waals surface area contributed by atoms with Crippen LogP contribution in [0.2, 0.25) is 5.15 Å². The minimum atomic E-state index is -0.569. The van der Waals surface area contributed by atoms with Crippen molar-refractivity contribution in [3.05, 3.63) is 21.1 Å². The highest BCUT2D eigenvalue weighted by Gasteiger charge is 2.32. The van der Waals surface area contributed by atoms with Crippen LogP contribution in [0.4, 0.5) is 11.5 Å². The van der Waals surface area contributed by atoms with Crippen molar-refractivity contribution in [3.8, 4) is 0 Å². The van der Waals surface area contributed by atoms with Crippen LogP contribution in [0.15, 0.2) is 0 Å². The monoisotopic (exact) mass is 286 g/mol. The van der Waals surface area contributed by atoms with Crippen LogP contribution >= 0.6 is 11.6 Å². The van der Waals surface area contributed by atoms with Gasteiger partial charge in [-0.25, -0.2) is 9.97 Å². The van der Waals surface area contributed by atoms with Gasteiger partial charge in [0.25, 0.3) is 0 Å². The number of aromatic nitrogens is 2. The summed E-state index contributed by atoms with van der Waals surface area (Å²) >= 11 is 5.86. The van der Waals surface area contributed by atoms with E-state index >= 15 is 0 Å². The van der Waals surface area contributed by atoms with Crippen LogP contribution in [0.25, 0.3) is 0 Å². The van der Waals surface area contributed by atoms with Gasteiger partial charge in [-0.15, -0.1) is 0 Å². The van der Waals surface area contributed by atoms with Crippen molar-refractivity contribution < 1.29 is 10.0 Å². The number of hydrogen-bond donors (Lipinski definition) is 1. The van der Waals surface area contributed by atoms with E-state index in [9.17, 15) is 15.2 Å². The Hall–Kier alpha value is -1.47. The van der Waals surface area contributed by atoms with E-state index in [0.717, 1.165) is 19.3 Å². The largest absolute Gasteiger partial charge is 0.394 e. The maximum atomic E-state index is 11.1. The Morgan fingerprint density at radius 2 is 2.26 bits per heavy atom. The smallest absolute Gasteiger partial charge is 0.348 e. The molecule has 0 spiro atoms. The van der Waals surface area contributed by atoms with Crippen molar-refractivity contribution in [1.82, 2.24) is 9.97 Å². The lowest BCUT2D eigenvalue weighted by Crippen LogP contribution is -2.42. The molecule has 0 aromatic carbocycles. The number of anilines is 1. The number of nitrogens with zero attached hydrogens (tertiary/aromatic N) is 4. The third-order valence-electron chi connectivity index (χ3n) is 3.23. The lowest BCUT2D eigenvalue weighted by atomic mass is 10.0. The Morgan fingerprint density at radius 3 is 2.89 bits per heavy atom. The zero-order valence-corrected chi connectivity index (χ0v) is 11.3. The van der Waals surface area contributed by atoms with Gasteiger partial charge in [-0.3, -0.25) is 10.1 Å². The number of aliphatic hydroxyl groups excluding tert-OH is 1. The molecule has 1 aromatic heterocycles. The van der Waals surface area contributed by atoms with Crippen molar-refractivity contribution in [2.24, 2.45) is 0 Å². The van der Waals surface area contributed by atoms with Crippen LogP contribution in [-0.2, 0) is 0 Å². The second kappa shape index (κ2) is 5.66. The zero-order chi connectivity index (χ0) is 14.0. The molecule has 0 bridgehead atoms. The highest BCUT2D eigenvalue weighted by molar-refractivity contribution is 6.31. The van der Waals surface area contributed by atoms with E-state index in [2.05, 4.69) is 9.97 Å². The number of piperidine rings is 1. The minimum absolute atomic E-state index is 0.0577. The fourth-order valence-corrected chi connectivity index (χ4v) is 2.62. The third kappa shape index (κ3) is 2.76. The minimum Gasteiger partial charge on any atom is -0.394 e. The van der Waals surface area contributed by atoms with Gasteiger partial charge >= 0.3 is 5.69 Å². The molecule has 1 aliphatic heterocycles. The normalized spacial score (nSPS) is 19.5. The van der Waals surface area contributed by atoms with Crippen molar-refractivity contribution in [3.63, 3.8) is 0 Å². The molecule has 1 N–H and O–H groups in total. The molecule has 8 heteroatoms. The Morgan fingerprint density at radius 1 is 1.53 bits per heavy atom. The average molecular weight is 287 g/mol. The molecule has 19 heavy (non-hydrogen) atoms. The van der Waals surface area contributed by atoms with Gasteiger partial charge < -0.3 is 10.0 Å². The van der Waals surface area contributed by atoms with Crippen LogP contribution in [0.1, 0.15) is 25.1 Å². The maximum Gasteiger partial charge on any atom is 0.348 e. The van der Waals surface area contributed by atoms with Crippen LogP contribution in [0, 0.1) is 17.0 Å². The molecule has 0 amide bonds. The summed E-state index contributed by atoms with van der Waals surface area (Å²) in [6.07, 6.45) is 2.69. The summed E-state index contributed by atoms with van der Waals surface area (Å²) in [7, 11) is 0. The zero-order valence-electron chi connectivity index (χ0n) is 10.5. The first-order valence-corrected chi connectivity index (χ1v) is 6.48. The van der Waals surface area contributed by atoms with Gasteiger partial charge in [0.2, 0.25) is 11.0 Å². The summed E-state index contributed by atoms with van der Waals surface area (Å²) in [6.45, 7) is 2.20. The number of aliphatic hydroxyl groups is 1. The molecule has 1 atom stereocenters. The lowest BCUT2D eigenvalue weighted by Gasteiger charge is -2.35. The quantitative estimate of drug-likeness (QED) is 0.516. The molecule has 104 valence electrons. The first-order valence-electron chi connectivity index (χ1n) is 6.10. The molecular formula is C11H15ClN4O3. The van der Waals surface area contributed by atoms with Crippen molar-refractivity contribution >= 4 is 23.1 Å². The number of nitro groups is 1. The highest BCUT2D eigenvalue weighted by Crippen LogP contribution is 2.35. The van der Waals surface area contributed by atoms with E-state index < -0.39 is 4.92 Å². The van der Waals surface area contributed by atoms with Gasteiger partial charge in [0, 0.05) is 6.54 Å². The number of hydrogen-bond acceptors (Lipinski definition) is 6. The SMILES string of the molecule is Cc1nc(Cl)c([N+](=O)[O-])c(N2CCCCC2CO)n1. The average Bonchev–Trinajstić information content (AvgIpc) is 2.37. The standard InChI is InChI=1S/C11H15ClN4O3/c1-7-13-10(12)9(16(18)19)11(14-7)15-5-3-2-4-8(15)6-17/h8,17H,2-6H2,1H3. The van der Waals surface area contributed by atoms with Crippen LogP contribution < -0.4 is 4.90 Å². The van der Waals surface area contributed by atoms with Gasteiger partial charge in [0.05, 0.1) is 17.6 Å². The predicted octanol–water partition coefficient (Wildman–Crippen LogP) is 1.70. The first kappa shape index (κ1) is 14.0. The Kier molecular flexibility index (Phi) is 4.16. The summed E-state index contributed by atoms with van der Waals surface area (Å²) in [4.78, 5) is 20.3. The van der Waals surface area contributed by atoms with Gasteiger partial charge in [0.15, 0.2) is 0 Å². The van der Waals surface area contributed by atoms with E-state index in [1.165, 1.54) is 0 Å². The van der Waals surface area contributed by atoms with E-state index in [-0.39, 0.29) is 29.3 Å². The van der Waals surface area contributed by atoms with Crippen molar-refractivity contribution in [1.29, 1.82) is 0 Å². The lowest BCUT2D eigenvalue weighted by molar-refractivity contribution is -0.384. The molecular weight excluding hydrogens is 272 g/mol. The predicted molar refractivity (Wildman–Crippen MR) is 70.5 cm³/mol. The van der Waals surface area contributed by atoms with Gasteiger partial charge in [-0.2, -0.15) is 0 Å². The van der Waals surface area contributed by atoms with E-state index in [0.29, 0.717) is 12.4 Å². The Labute approximate surface area is 115 Å². The molecule has 1 saturated heterocycles. The topological polar surface area (TPSA) is 92.4 Å². The fourth-order valence-electron chi connectivity index (χ4n) is 2.34. The van der Waals surface area contributed by atoms with E-state index in [4.69, 9.17) is 11.6 Å². The summed E-state index contributed by atoms with van der Waals surface area (Å²) in [5, 5.41) is 20.4. The fraction of sp³-hybridized carbons (Fsp3) is 0.636. The van der Waals surface area contributed by atoms with Crippen LogP contribution in [0.3, 0.4) is 0 Å². The number of halogens is 1. The molecule has 0 radical (unpaired) electrons. The Bertz CT molecular complexity index is 497. The van der Waals surface area contributed by atoms with Crippen LogP contribution in [-0.4, -0.2) is 39.2 Å². The molecule has 2 heterocycles. The van der Waals surface area contributed by atoms with Gasteiger partial charge in [-0.1, -0.05) is 11.6 Å². The van der Waals surface area contributed by atoms with Crippen LogP contribution in [0.5, 0.6) is 0 Å². The molecule has 2 rings (SSSR count). The third-order valence-corrected chi connectivity index (χ3v) is 3.49. The molecule has 7 nitrogen and oxygen atoms in total. The number of rotatable bonds is 3. The van der Waals surface area contributed by atoms with Gasteiger partial charge in [0.1, 0.15) is 5.82 Å². The Balaban J connectivity index is 2.50.